The summed E-state index contributed by atoms with van der Waals surface area (Å²) in [5.74, 6) is 0.732. The van der Waals surface area contributed by atoms with Gasteiger partial charge in [0.05, 0.1) is 0 Å². The van der Waals surface area contributed by atoms with Crippen LogP contribution in [-0.2, 0) is 0 Å². The van der Waals surface area contributed by atoms with Crippen molar-refractivity contribution in [2.24, 2.45) is 0 Å². The standard InChI is InChI=1S/C19H22N2/c1-3-7-15(8-4-1)17-13-18(17)21-12-11-20-14-19(21)16-9-5-2-6-10-16/h1-10,17-20H,11-14H2. The Kier molecular flexibility index (Phi) is 3.50. The van der Waals surface area contributed by atoms with Gasteiger partial charge in [0.1, 0.15) is 0 Å². The van der Waals surface area contributed by atoms with Gasteiger partial charge < -0.3 is 5.32 Å². The number of benzene rings is 2. The minimum atomic E-state index is 0.527. The highest BCUT2D eigenvalue weighted by Crippen LogP contribution is 2.47. The minimum Gasteiger partial charge on any atom is -0.314 e. The number of hydrogen-bond donors (Lipinski definition) is 1. The molecule has 4 rings (SSSR count). The Bertz CT molecular complexity index is 581. The van der Waals surface area contributed by atoms with Crippen molar-refractivity contribution < 1.29 is 0 Å². The summed E-state index contributed by atoms with van der Waals surface area (Å²) >= 11 is 0. The van der Waals surface area contributed by atoms with Crippen molar-refractivity contribution in [1.82, 2.24) is 10.2 Å². The molecule has 3 unspecified atom stereocenters. The van der Waals surface area contributed by atoms with E-state index in [9.17, 15) is 0 Å². The van der Waals surface area contributed by atoms with Crippen molar-refractivity contribution in [3.8, 4) is 0 Å². The van der Waals surface area contributed by atoms with Crippen LogP contribution in [0.4, 0.5) is 0 Å². The van der Waals surface area contributed by atoms with Crippen LogP contribution < -0.4 is 5.32 Å². The Morgan fingerprint density at radius 3 is 2.24 bits per heavy atom. The molecule has 2 aromatic rings. The first-order chi connectivity index (χ1) is 10.4. The Labute approximate surface area is 126 Å². The molecule has 1 aliphatic carbocycles. The second kappa shape index (κ2) is 5.63. The van der Waals surface area contributed by atoms with Crippen molar-refractivity contribution in [2.45, 2.75) is 24.4 Å². The van der Waals surface area contributed by atoms with Gasteiger partial charge >= 0.3 is 0 Å². The van der Waals surface area contributed by atoms with Crippen LogP contribution in [0.5, 0.6) is 0 Å². The summed E-state index contributed by atoms with van der Waals surface area (Å²) in [4.78, 5) is 2.73. The monoisotopic (exact) mass is 278 g/mol. The van der Waals surface area contributed by atoms with Gasteiger partial charge in [0.25, 0.3) is 0 Å². The molecule has 1 saturated heterocycles. The summed E-state index contributed by atoms with van der Waals surface area (Å²) < 4.78 is 0. The molecule has 0 amide bonds. The highest BCUT2D eigenvalue weighted by atomic mass is 15.3. The lowest BCUT2D eigenvalue weighted by molar-refractivity contribution is 0.150. The van der Waals surface area contributed by atoms with Gasteiger partial charge in [-0.3, -0.25) is 4.90 Å². The van der Waals surface area contributed by atoms with E-state index in [2.05, 4.69) is 70.9 Å². The quantitative estimate of drug-likeness (QED) is 0.927. The predicted molar refractivity (Wildman–Crippen MR) is 86.3 cm³/mol. The summed E-state index contributed by atoms with van der Waals surface area (Å²) in [5, 5.41) is 3.56. The molecule has 0 bridgehead atoms. The summed E-state index contributed by atoms with van der Waals surface area (Å²) in [6.45, 7) is 3.34. The molecule has 21 heavy (non-hydrogen) atoms. The van der Waals surface area contributed by atoms with E-state index in [0.29, 0.717) is 6.04 Å². The largest absolute Gasteiger partial charge is 0.314 e. The third-order valence-corrected chi connectivity index (χ3v) is 4.88. The fourth-order valence-corrected chi connectivity index (χ4v) is 3.71. The zero-order valence-electron chi connectivity index (χ0n) is 12.3. The lowest BCUT2D eigenvalue weighted by Gasteiger charge is -2.37. The molecule has 2 nitrogen and oxygen atoms in total. The number of nitrogens with one attached hydrogen (secondary N) is 1. The van der Waals surface area contributed by atoms with E-state index in [0.717, 1.165) is 31.6 Å². The molecule has 0 spiro atoms. The van der Waals surface area contributed by atoms with Crippen LogP contribution in [0.2, 0.25) is 0 Å². The fourth-order valence-electron chi connectivity index (χ4n) is 3.71. The van der Waals surface area contributed by atoms with Gasteiger partial charge in [-0.15, -0.1) is 0 Å². The van der Waals surface area contributed by atoms with Gasteiger partial charge in [0, 0.05) is 37.6 Å². The first kappa shape index (κ1) is 13.1. The Morgan fingerprint density at radius 1 is 0.857 bits per heavy atom. The van der Waals surface area contributed by atoms with Crippen LogP contribution in [-0.4, -0.2) is 30.6 Å². The van der Waals surface area contributed by atoms with Crippen LogP contribution in [0.15, 0.2) is 60.7 Å². The molecular formula is C19H22N2. The molecule has 1 aliphatic heterocycles. The average molecular weight is 278 g/mol. The van der Waals surface area contributed by atoms with Crippen LogP contribution >= 0.6 is 0 Å². The van der Waals surface area contributed by atoms with Crippen molar-refractivity contribution in [2.75, 3.05) is 19.6 Å². The lowest BCUT2D eigenvalue weighted by Crippen LogP contribution is -2.47. The van der Waals surface area contributed by atoms with Gasteiger partial charge in [0.15, 0.2) is 0 Å². The van der Waals surface area contributed by atoms with Gasteiger partial charge in [-0.05, 0) is 17.5 Å². The summed E-state index contributed by atoms with van der Waals surface area (Å²) in [6.07, 6.45) is 1.31. The molecule has 2 fully saturated rings. The van der Waals surface area contributed by atoms with E-state index >= 15 is 0 Å². The number of nitrogens with zero attached hydrogens (tertiary/aromatic N) is 1. The van der Waals surface area contributed by atoms with Crippen molar-refractivity contribution in [1.29, 1.82) is 0 Å². The van der Waals surface area contributed by atoms with E-state index in [1.807, 2.05) is 0 Å². The molecule has 1 heterocycles. The molecule has 2 aromatic carbocycles. The number of piperazine rings is 1. The van der Waals surface area contributed by atoms with E-state index in [1.165, 1.54) is 17.5 Å². The second-order valence-electron chi connectivity index (χ2n) is 6.19. The minimum absolute atomic E-state index is 0.527. The number of hydrogen-bond acceptors (Lipinski definition) is 2. The highest BCUT2D eigenvalue weighted by Gasteiger charge is 2.45. The maximum absolute atomic E-state index is 3.56. The zero-order chi connectivity index (χ0) is 14.1. The smallest absolute Gasteiger partial charge is 0.0476 e. The molecule has 0 radical (unpaired) electrons. The topological polar surface area (TPSA) is 15.3 Å². The Balaban J connectivity index is 1.54. The molecule has 108 valence electrons. The van der Waals surface area contributed by atoms with Gasteiger partial charge in [-0.25, -0.2) is 0 Å². The molecule has 2 heteroatoms. The van der Waals surface area contributed by atoms with Gasteiger partial charge in [-0.2, -0.15) is 0 Å². The van der Waals surface area contributed by atoms with E-state index in [-0.39, 0.29) is 0 Å². The average Bonchev–Trinajstić information content (AvgIpc) is 3.37. The predicted octanol–water partition coefficient (Wildman–Crippen LogP) is 3.19. The molecule has 2 aliphatic rings. The van der Waals surface area contributed by atoms with Crippen molar-refractivity contribution >= 4 is 0 Å². The lowest BCUT2D eigenvalue weighted by atomic mass is 10.0. The summed E-state index contributed by atoms with van der Waals surface area (Å²) in [7, 11) is 0. The molecule has 1 saturated carbocycles. The Morgan fingerprint density at radius 2 is 1.52 bits per heavy atom. The van der Waals surface area contributed by atoms with Gasteiger partial charge in [-0.1, -0.05) is 60.7 Å². The first-order valence-electron chi connectivity index (χ1n) is 8.00. The highest BCUT2D eigenvalue weighted by molar-refractivity contribution is 5.29. The summed E-state index contributed by atoms with van der Waals surface area (Å²) in [6, 6.07) is 23.2. The maximum atomic E-state index is 3.56. The SMILES string of the molecule is c1ccc(C2CC2N2CCNCC2c2ccccc2)cc1. The third kappa shape index (κ3) is 2.61. The van der Waals surface area contributed by atoms with Crippen LogP contribution in [0.1, 0.15) is 29.5 Å². The van der Waals surface area contributed by atoms with Crippen LogP contribution in [0.3, 0.4) is 0 Å². The zero-order valence-corrected chi connectivity index (χ0v) is 12.3. The fraction of sp³-hybridized carbons (Fsp3) is 0.368. The van der Waals surface area contributed by atoms with E-state index in [4.69, 9.17) is 0 Å². The van der Waals surface area contributed by atoms with Crippen molar-refractivity contribution in [3.63, 3.8) is 0 Å². The van der Waals surface area contributed by atoms with Crippen LogP contribution in [0.25, 0.3) is 0 Å². The third-order valence-electron chi connectivity index (χ3n) is 4.88. The number of rotatable bonds is 3. The van der Waals surface area contributed by atoms with E-state index in [1.54, 1.807) is 0 Å². The van der Waals surface area contributed by atoms with Gasteiger partial charge in [0.2, 0.25) is 0 Å². The molecule has 0 aromatic heterocycles. The molecule has 1 N–H and O–H groups in total. The van der Waals surface area contributed by atoms with E-state index < -0.39 is 0 Å². The maximum Gasteiger partial charge on any atom is 0.0476 e. The Hall–Kier alpha value is -1.64. The first-order valence-corrected chi connectivity index (χ1v) is 8.00. The van der Waals surface area contributed by atoms with Crippen LogP contribution in [0, 0.1) is 0 Å². The van der Waals surface area contributed by atoms with Crippen molar-refractivity contribution in [3.05, 3.63) is 71.8 Å². The second-order valence-corrected chi connectivity index (χ2v) is 6.19. The summed E-state index contributed by atoms with van der Waals surface area (Å²) in [5.41, 5.74) is 2.95. The molecular weight excluding hydrogens is 256 g/mol. The molecule has 3 atom stereocenters. The normalized spacial score (nSPS) is 29.2.